The van der Waals surface area contributed by atoms with E-state index in [0.717, 1.165) is 30.9 Å². The van der Waals surface area contributed by atoms with Crippen molar-refractivity contribution >= 4 is 5.95 Å². The van der Waals surface area contributed by atoms with Gasteiger partial charge in [0.1, 0.15) is 0 Å². The molecule has 1 saturated heterocycles. The highest BCUT2D eigenvalue weighted by atomic mass is 16.3. The molecule has 0 amide bonds. The second kappa shape index (κ2) is 4.33. The van der Waals surface area contributed by atoms with Crippen LogP contribution in [0.2, 0.25) is 0 Å². The molecule has 0 aliphatic carbocycles. The number of piperidine rings is 1. The van der Waals surface area contributed by atoms with Crippen LogP contribution in [-0.4, -0.2) is 39.5 Å². The number of hydrogen-bond acceptors (Lipinski definition) is 5. The molecule has 0 aromatic carbocycles. The lowest BCUT2D eigenvalue weighted by Gasteiger charge is -2.34. The van der Waals surface area contributed by atoms with E-state index in [2.05, 4.69) is 20.1 Å². The summed E-state index contributed by atoms with van der Waals surface area (Å²) >= 11 is 0. The highest BCUT2D eigenvalue weighted by molar-refractivity contribution is 5.30. The van der Waals surface area contributed by atoms with Crippen molar-refractivity contribution in [2.24, 2.45) is 5.92 Å². The first-order chi connectivity index (χ1) is 7.58. The van der Waals surface area contributed by atoms with E-state index in [-0.39, 0.29) is 12.0 Å². The molecule has 1 fully saturated rings. The SMILES string of the molecule is Cc1nnc(N2CCC(O)C(C)C2)nc1C. The first-order valence-corrected chi connectivity index (χ1v) is 5.69. The van der Waals surface area contributed by atoms with E-state index in [1.807, 2.05) is 20.8 Å². The molecule has 0 spiro atoms. The summed E-state index contributed by atoms with van der Waals surface area (Å²) in [5.41, 5.74) is 1.79. The third-order valence-corrected chi connectivity index (χ3v) is 3.22. The average molecular weight is 222 g/mol. The van der Waals surface area contributed by atoms with E-state index in [9.17, 15) is 5.11 Å². The fraction of sp³-hybridized carbons (Fsp3) is 0.727. The molecular formula is C11H18N4O. The normalized spacial score (nSPS) is 25.9. The molecule has 5 nitrogen and oxygen atoms in total. The highest BCUT2D eigenvalue weighted by Crippen LogP contribution is 2.20. The molecule has 2 heterocycles. The van der Waals surface area contributed by atoms with Crippen LogP contribution >= 0.6 is 0 Å². The molecule has 1 aromatic rings. The van der Waals surface area contributed by atoms with Gasteiger partial charge in [0, 0.05) is 13.1 Å². The number of anilines is 1. The van der Waals surface area contributed by atoms with Crippen molar-refractivity contribution in [2.75, 3.05) is 18.0 Å². The Morgan fingerprint density at radius 3 is 2.62 bits per heavy atom. The van der Waals surface area contributed by atoms with Gasteiger partial charge in [-0.2, -0.15) is 5.10 Å². The fourth-order valence-electron chi connectivity index (χ4n) is 1.89. The maximum atomic E-state index is 9.66. The second-order valence-corrected chi connectivity index (χ2v) is 4.56. The molecule has 1 aliphatic rings. The van der Waals surface area contributed by atoms with Gasteiger partial charge >= 0.3 is 0 Å². The van der Waals surface area contributed by atoms with Gasteiger partial charge in [-0.05, 0) is 26.2 Å². The number of rotatable bonds is 1. The van der Waals surface area contributed by atoms with Gasteiger partial charge in [0.05, 0.1) is 17.5 Å². The Balaban J connectivity index is 2.15. The predicted molar refractivity (Wildman–Crippen MR) is 61.3 cm³/mol. The zero-order valence-corrected chi connectivity index (χ0v) is 10.0. The molecule has 88 valence electrons. The number of aliphatic hydroxyl groups is 1. The predicted octanol–water partition coefficient (Wildman–Crippen LogP) is 0.696. The Kier molecular flexibility index (Phi) is 3.05. The zero-order chi connectivity index (χ0) is 11.7. The first kappa shape index (κ1) is 11.3. The standard InChI is InChI=1S/C11H18N4O/c1-7-6-15(5-4-10(7)16)11-12-8(2)9(3)13-14-11/h7,10,16H,4-6H2,1-3H3. The number of aromatic nitrogens is 3. The summed E-state index contributed by atoms with van der Waals surface area (Å²) in [6, 6.07) is 0. The monoisotopic (exact) mass is 222 g/mol. The molecular weight excluding hydrogens is 204 g/mol. The number of hydrogen-bond donors (Lipinski definition) is 1. The summed E-state index contributed by atoms with van der Waals surface area (Å²) in [5, 5.41) is 17.8. The molecule has 0 saturated carbocycles. The summed E-state index contributed by atoms with van der Waals surface area (Å²) in [7, 11) is 0. The molecule has 2 unspecified atom stereocenters. The molecule has 0 radical (unpaired) electrons. The zero-order valence-electron chi connectivity index (χ0n) is 10.0. The Hall–Kier alpha value is -1.23. The Morgan fingerprint density at radius 2 is 2.00 bits per heavy atom. The maximum Gasteiger partial charge on any atom is 0.245 e. The molecule has 2 atom stereocenters. The summed E-state index contributed by atoms with van der Waals surface area (Å²) in [5.74, 6) is 0.945. The van der Waals surface area contributed by atoms with Gasteiger partial charge in [-0.25, -0.2) is 4.98 Å². The largest absolute Gasteiger partial charge is 0.393 e. The van der Waals surface area contributed by atoms with Crippen LogP contribution in [0.15, 0.2) is 0 Å². The van der Waals surface area contributed by atoms with E-state index in [0.29, 0.717) is 5.95 Å². The van der Waals surface area contributed by atoms with Gasteiger partial charge in [0.25, 0.3) is 0 Å². The van der Waals surface area contributed by atoms with Gasteiger partial charge in [0.15, 0.2) is 0 Å². The van der Waals surface area contributed by atoms with Gasteiger partial charge in [0.2, 0.25) is 5.95 Å². The van der Waals surface area contributed by atoms with Gasteiger partial charge in [-0.15, -0.1) is 5.10 Å². The maximum absolute atomic E-state index is 9.66. The van der Waals surface area contributed by atoms with Crippen LogP contribution in [0.4, 0.5) is 5.95 Å². The van der Waals surface area contributed by atoms with Crippen molar-refractivity contribution in [3.8, 4) is 0 Å². The topological polar surface area (TPSA) is 62.1 Å². The number of aryl methyl sites for hydroxylation is 2. The Bertz CT molecular complexity index is 382. The molecule has 1 aliphatic heterocycles. The van der Waals surface area contributed by atoms with E-state index in [1.165, 1.54) is 0 Å². The van der Waals surface area contributed by atoms with Crippen molar-refractivity contribution in [3.63, 3.8) is 0 Å². The number of nitrogens with zero attached hydrogens (tertiary/aromatic N) is 4. The summed E-state index contributed by atoms with van der Waals surface area (Å²) in [6.45, 7) is 7.49. The van der Waals surface area contributed by atoms with Crippen LogP contribution in [0, 0.1) is 19.8 Å². The van der Waals surface area contributed by atoms with Crippen LogP contribution in [0.5, 0.6) is 0 Å². The number of aliphatic hydroxyl groups excluding tert-OH is 1. The van der Waals surface area contributed by atoms with Crippen molar-refractivity contribution < 1.29 is 5.11 Å². The van der Waals surface area contributed by atoms with E-state index >= 15 is 0 Å². The smallest absolute Gasteiger partial charge is 0.245 e. The lowest BCUT2D eigenvalue weighted by atomic mass is 9.97. The van der Waals surface area contributed by atoms with Crippen molar-refractivity contribution in [1.82, 2.24) is 15.2 Å². The van der Waals surface area contributed by atoms with Crippen LogP contribution in [0.1, 0.15) is 24.7 Å². The lowest BCUT2D eigenvalue weighted by Crippen LogP contribution is -2.42. The minimum absolute atomic E-state index is 0.198. The summed E-state index contributed by atoms with van der Waals surface area (Å²) < 4.78 is 0. The van der Waals surface area contributed by atoms with Gasteiger partial charge in [-0.1, -0.05) is 6.92 Å². The molecule has 0 bridgehead atoms. The molecule has 16 heavy (non-hydrogen) atoms. The van der Waals surface area contributed by atoms with Gasteiger partial charge < -0.3 is 10.0 Å². The lowest BCUT2D eigenvalue weighted by molar-refractivity contribution is 0.0966. The van der Waals surface area contributed by atoms with Crippen LogP contribution in [0.3, 0.4) is 0 Å². The van der Waals surface area contributed by atoms with E-state index < -0.39 is 0 Å². The third kappa shape index (κ3) is 2.14. The third-order valence-electron chi connectivity index (χ3n) is 3.22. The molecule has 1 N–H and O–H groups in total. The quantitative estimate of drug-likeness (QED) is 0.757. The average Bonchev–Trinajstić information content (AvgIpc) is 2.26. The van der Waals surface area contributed by atoms with Crippen molar-refractivity contribution in [1.29, 1.82) is 0 Å². The Labute approximate surface area is 95.5 Å². The molecule has 5 heteroatoms. The van der Waals surface area contributed by atoms with Crippen LogP contribution in [0.25, 0.3) is 0 Å². The van der Waals surface area contributed by atoms with Crippen LogP contribution in [-0.2, 0) is 0 Å². The molecule has 1 aromatic heterocycles. The minimum Gasteiger partial charge on any atom is -0.393 e. The fourth-order valence-corrected chi connectivity index (χ4v) is 1.89. The van der Waals surface area contributed by atoms with E-state index in [1.54, 1.807) is 0 Å². The molecule has 2 rings (SSSR count). The minimum atomic E-state index is -0.198. The van der Waals surface area contributed by atoms with Crippen molar-refractivity contribution in [2.45, 2.75) is 33.3 Å². The summed E-state index contributed by atoms with van der Waals surface area (Å²) in [6.07, 6.45) is 0.577. The Morgan fingerprint density at radius 1 is 1.25 bits per heavy atom. The van der Waals surface area contributed by atoms with Crippen LogP contribution < -0.4 is 4.90 Å². The van der Waals surface area contributed by atoms with E-state index in [4.69, 9.17) is 0 Å². The second-order valence-electron chi connectivity index (χ2n) is 4.56. The summed E-state index contributed by atoms with van der Waals surface area (Å²) in [4.78, 5) is 6.52. The highest BCUT2D eigenvalue weighted by Gasteiger charge is 2.25. The first-order valence-electron chi connectivity index (χ1n) is 5.69. The van der Waals surface area contributed by atoms with Gasteiger partial charge in [-0.3, -0.25) is 0 Å². The van der Waals surface area contributed by atoms with Crippen molar-refractivity contribution in [3.05, 3.63) is 11.4 Å².